The Balaban J connectivity index is 0. The van der Waals surface area contributed by atoms with Gasteiger partial charge in [0.25, 0.3) is 0 Å². The molecular weight excluding hydrogens is 119 g/mol. The van der Waals surface area contributed by atoms with E-state index in [1.165, 1.54) is 0 Å². The van der Waals surface area contributed by atoms with Crippen LogP contribution in [0.5, 0.6) is 0 Å². The molecule has 1 aromatic rings. The van der Waals surface area contributed by atoms with Gasteiger partial charge in [-0.15, -0.1) is 5.10 Å². The second-order valence-electron chi connectivity index (χ2n) is 1.13. The molecule has 0 spiro atoms. The summed E-state index contributed by atoms with van der Waals surface area (Å²) in [5, 5.41) is 5.51. The molecule has 0 atom stereocenters. The number of hydrogen-bond acceptors (Lipinski definition) is 3. The van der Waals surface area contributed by atoms with E-state index in [1.807, 2.05) is 0 Å². The van der Waals surface area contributed by atoms with Crippen molar-refractivity contribution in [1.82, 2.24) is 10.2 Å². The molecular formula is C3H5N2NaO2. The average molecular weight is 124 g/mol. The molecule has 0 amide bonds. The normalized spacial score (nSPS) is 8.12. The number of aromatic amines is 1. The number of H-pyrrole nitrogens is 1. The maximum Gasteiger partial charge on any atom is 1.00 e. The third kappa shape index (κ3) is 1.81. The van der Waals surface area contributed by atoms with Gasteiger partial charge in [-0.3, -0.25) is 0 Å². The molecule has 40 valence electrons. The minimum absolute atomic E-state index is 0. The van der Waals surface area contributed by atoms with Crippen molar-refractivity contribution in [2.45, 2.75) is 6.92 Å². The number of rotatable bonds is 0. The molecule has 0 radical (unpaired) electrons. The van der Waals surface area contributed by atoms with Gasteiger partial charge in [0, 0.05) is 6.92 Å². The summed E-state index contributed by atoms with van der Waals surface area (Å²) in [4.78, 5) is 10.0. The van der Waals surface area contributed by atoms with Gasteiger partial charge in [0.2, 0.25) is 5.89 Å². The summed E-state index contributed by atoms with van der Waals surface area (Å²) >= 11 is 0. The van der Waals surface area contributed by atoms with E-state index in [1.54, 1.807) is 6.92 Å². The zero-order valence-corrected chi connectivity index (χ0v) is 6.76. The predicted octanol–water partition coefficient (Wildman–Crippen LogP) is -3.21. The first-order chi connectivity index (χ1) is 3.29. The van der Waals surface area contributed by atoms with E-state index in [9.17, 15) is 4.79 Å². The van der Waals surface area contributed by atoms with Gasteiger partial charge in [0.1, 0.15) is 0 Å². The number of aryl methyl sites for hydroxylation is 1. The first kappa shape index (κ1) is 7.94. The molecule has 0 unspecified atom stereocenters. The minimum atomic E-state index is -0.502. The van der Waals surface area contributed by atoms with E-state index in [4.69, 9.17) is 0 Å². The van der Waals surface area contributed by atoms with Crippen molar-refractivity contribution in [3.05, 3.63) is 16.4 Å². The molecule has 0 aliphatic rings. The molecule has 0 aliphatic carbocycles. The van der Waals surface area contributed by atoms with Crippen molar-refractivity contribution in [2.24, 2.45) is 0 Å². The molecule has 0 fully saturated rings. The van der Waals surface area contributed by atoms with Crippen LogP contribution in [0.25, 0.3) is 0 Å². The van der Waals surface area contributed by atoms with Gasteiger partial charge in [-0.1, -0.05) is 0 Å². The molecule has 1 aromatic heterocycles. The van der Waals surface area contributed by atoms with E-state index < -0.39 is 5.76 Å². The zero-order chi connectivity index (χ0) is 5.28. The van der Waals surface area contributed by atoms with Crippen LogP contribution in [0, 0.1) is 6.92 Å². The first-order valence-corrected chi connectivity index (χ1v) is 1.81. The minimum Gasteiger partial charge on any atom is -1.00 e. The van der Waals surface area contributed by atoms with Gasteiger partial charge in [-0.05, 0) is 0 Å². The molecule has 8 heavy (non-hydrogen) atoms. The van der Waals surface area contributed by atoms with Crippen LogP contribution in [0.15, 0.2) is 9.21 Å². The fourth-order valence-corrected chi connectivity index (χ4v) is 0.304. The summed E-state index contributed by atoms with van der Waals surface area (Å²) in [5.41, 5.74) is 0. The molecule has 0 aliphatic heterocycles. The zero-order valence-electron chi connectivity index (χ0n) is 5.76. The van der Waals surface area contributed by atoms with Crippen LogP contribution in [0.1, 0.15) is 7.32 Å². The largest absolute Gasteiger partial charge is 1.00 e. The Morgan fingerprint density at radius 3 is 2.62 bits per heavy atom. The van der Waals surface area contributed by atoms with Crippen LogP contribution in [0.4, 0.5) is 0 Å². The quantitative estimate of drug-likeness (QED) is 0.370. The molecule has 0 bridgehead atoms. The van der Waals surface area contributed by atoms with E-state index in [2.05, 4.69) is 14.6 Å². The molecule has 4 nitrogen and oxygen atoms in total. The number of nitrogens with zero attached hydrogens (tertiary/aromatic N) is 1. The summed E-state index contributed by atoms with van der Waals surface area (Å²) in [7, 11) is 0. The topological polar surface area (TPSA) is 58.9 Å². The van der Waals surface area contributed by atoms with Gasteiger partial charge in [-0.2, -0.15) is 0 Å². The molecule has 5 heteroatoms. The van der Waals surface area contributed by atoms with Gasteiger partial charge in [-0.25, -0.2) is 9.89 Å². The van der Waals surface area contributed by atoms with Crippen LogP contribution >= 0.6 is 0 Å². The third-order valence-electron chi connectivity index (χ3n) is 0.545. The van der Waals surface area contributed by atoms with E-state index in [0.29, 0.717) is 5.89 Å². The summed E-state index contributed by atoms with van der Waals surface area (Å²) in [5.74, 6) is -0.137. The van der Waals surface area contributed by atoms with E-state index >= 15 is 0 Å². The van der Waals surface area contributed by atoms with E-state index in [0.717, 1.165) is 0 Å². The SMILES string of the molecule is Cc1n[nH]c(=O)o1.[H-].[Na+]. The van der Waals surface area contributed by atoms with Crippen LogP contribution in [0.3, 0.4) is 0 Å². The fourth-order valence-electron chi connectivity index (χ4n) is 0.304. The van der Waals surface area contributed by atoms with Crippen LogP contribution < -0.4 is 35.3 Å². The van der Waals surface area contributed by atoms with Crippen LogP contribution in [-0.4, -0.2) is 10.2 Å². The second-order valence-corrected chi connectivity index (χ2v) is 1.13. The fraction of sp³-hybridized carbons (Fsp3) is 0.333. The molecule has 1 rings (SSSR count). The molecule has 0 aromatic carbocycles. The van der Waals surface area contributed by atoms with Gasteiger partial charge < -0.3 is 5.84 Å². The number of nitrogens with one attached hydrogen (secondary N) is 1. The second kappa shape index (κ2) is 3.06. The summed E-state index contributed by atoms with van der Waals surface area (Å²) in [6.45, 7) is 1.60. The number of hydrogen-bond donors (Lipinski definition) is 1. The monoisotopic (exact) mass is 124 g/mol. The van der Waals surface area contributed by atoms with Crippen molar-refractivity contribution in [3.63, 3.8) is 0 Å². The summed E-state index contributed by atoms with van der Waals surface area (Å²) in [6.07, 6.45) is 0. The van der Waals surface area contributed by atoms with Crippen molar-refractivity contribution < 1.29 is 35.4 Å². The Morgan fingerprint density at radius 1 is 1.88 bits per heavy atom. The summed E-state index contributed by atoms with van der Waals surface area (Å²) < 4.78 is 4.36. The van der Waals surface area contributed by atoms with Crippen molar-refractivity contribution in [1.29, 1.82) is 0 Å². The Hall–Kier alpha value is -0.0600. The maximum atomic E-state index is 10.0. The van der Waals surface area contributed by atoms with Crippen molar-refractivity contribution in [3.8, 4) is 0 Å². The standard InChI is InChI=1S/C3H4N2O2.Na.H/c1-2-4-5-3(6)7-2;;/h1H3,(H,5,6);;/q;+1;-1. The van der Waals surface area contributed by atoms with Crippen LogP contribution in [0.2, 0.25) is 0 Å². The predicted molar refractivity (Wildman–Crippen MR) is 23.0 cm³/mol. The molecule has 1 N–H and O–H groups in total. The molecule has 0 saturated carbocycles. The average Bonchev–Trinajstić information content (AvgIpc) is 1.87. The van der Waals surface area contributed by atoms with Gasteiger partial charge in [0.15, 0.2) is 0 Å². The smallest absolute Gasteiger partial charge is 1.00 e. The summed E-state index contributed by atoms with van der Waals surface area (Å²) in [6, 6.07) is 0. The van der Waals surface area contributed by atoms with E-state index in [-0.39, 0.29) is 31.0 Å². The van der Waals surface area contributed by atoms with Gasteiger partial charge in [0.05, 0.1) is 0 Å². The van der Waals surface area contributed by atoms with Crippen molar-refractivity contribution >= 4 is 0 Å². The van der Waals surface area contributed by atoms with Crippen molar-refractivity contribution in [2.75, 3.05) is 0 Å². The first-order valence-electron chi connectivity index (χ1n) is 1.81. The molecule has 0 saturated heterocycles. The molecule has 1 heterocycles. The number of aromatic nitrogens is 2. The Morgan fingerprint density at radius 2 is 2.50 bits per heavy atom. The maximum absolute atomic E-state index is 10.0. The Kier molecular flexibility index (Phi) is 3.04. The Bertz CT molecular complexity index is 208. The van der Waals surface area contributed by atoms with Crippen LogP contribution in [-0.2, 0) is 0 Å². The third-order valence-corrected chi connectivity index (χ3v) is 0.545. The Labute approximate surface area is 69.1 Å². The van der Waals surface area contributed by atoms with Gasteiger partial charge >= 0.3 is 35.3 Å².